The molecule has 3 unspecified atom stereocenters. The molecule has 1 aromatic rings. The Morgan fingerprint density at radius 3 is 2.65 bits per heavy atom. The van der Waals surface area contributed by atoms with Gasteiger partial charge in [0.2, 0.25) is 0 Å². The summed E-state index contributed by atoms with van der Waals surface area (Å²) in [6.45, 7) is 2.20. The number of hydrogen-bond donors (Lipinski definition) is 1. The fraction of sp³-hybridized carbons (Fsp3) is 0.571. The Bertz CT molecular complexity index is 394. The number of nitrogens with one attached hydrogen (secondary N) is 1. The van der Waals surface area contributed by atoms with Crippen LogP contribution in [-0.2, 0) is 0 Å². The van der Waals surface area contributed by atoms with Crippen molar-refractivity contribution >= 4 is 0 Å². The van der Waals surface area contributed by atoms with E-state index in [0.717, 1.165) is 18.4 Å². The molecule has 3 heteroatoms. The Morgan fingerprint density at radius 2 is 2.12 bits per heavy atom. The topological polar surface area (TPSA) is 21.3 Å². The number of benzene rings is 1. The zero-order valence-electron chi connectivity index (χ0n) is 10.7. The first-order valence-electron chi connectivity index (χ1n) is 6.18. The first kappa shape index (κ1) is 12.4. The van der Waals surface area contributed by atoms with Gasteiger partial charge in [-0.25, -0.2) is 4.39 Å². The van der Waals surface area contributed by atoms with Gasteiger partial charge in [0.15, 0.2) is 0 Å². The van der Waals surface area contributed by atoms with Crippen molar-refractivity contribution in [3.63, 3.8) is 0 Å². The Morgan fingerprint density at radius 1 is 1.35 bits per heavy atom. The lowest BCUT2D eigenvalue weighted by Crippen LogP contribution is -2.28. The van der Waals surface area contributed by atoms with E-state index < -0.39 is 0 Å². The van der Waals surface area contributed by atoms with Crippen molar-refractivity contribution in [1.29, 1.82) is 0 Å². The van der Waals surface area contributed by atoms with Crippen molar-refractivity contribution in [2.45, 2.75) is 31.7 Å². The first-order chi connectivity index (χ1) is 8.17. The van der Waals surface area contributed by atoms with E-state index in [1.54, 1.807) is 7.11 Å². The number of halogens is 1. The van der Waals surface area contributed by atoms with Crippen molar-refractivity contribution in [2.75, 3.05) is 14.2 Å². The summed E-state index contributed by atoms with van der Waals surface area (Å²) < 4.78 is 19.0. The van der Waals surface area contributed by atoms with Crippen LogP contribution in [0.25, 0.3) is 0 Å². The molecule has 0 amide bonds. The summed E-state index contributed by atoms with van der Waals surface area (Å²) in [7, 11) is 3.54. The van der Waals surface area contributed by atoms with Gasteiger partial charge >= 0.3 is 0 Å². The minimum absolute atomic E-state index is 0.141. The highest BCUT2D eigenvalue weighted by atomic mass is 19.1. The highest BCUT2D eigenvalue weighted by Crippen LogP contribution is 2.40. The van der Waals surface area contributed by atoms with E-state index in [9.17, 15) is 4.39 Å². The van der Waals surface area contributed by atoms with E-state index >= 15 is 0 Å². The molecule has 1 saturated carbocycles. The Labute approximate surface area is 102 Å². The van der Waals surface area contributed by atoms with E-state index in [-0.39, 0.29) is 5.82 Å². The van der Waals surface area contributed by atoms with Crippen molar-refractivity contribution in [1.82, 2.24) is 5.32 Å². The highest BCUT2D eigenvalue weighted by molar-refractivity contribution is 5.32. The Balaban J connectivity index is 2.23. The normalized spacial score (nSPS) is 28.4. The third kappa shape index (κ3) is 2.29. The summed E-state index contributed by atoms with van der Waals surface area (Å²) in [4.78, 5) is 0. The molecule has 0 aromatic heterocycles. The first-order valence-corrected chi connectivity index (χ1v) is 6.18. The summed E-state index contributed by atoms with van der Waals surface area (Å²) in [5.41, 5.74) is 0.830. The molecule has 1 N–H and O–H groups in total. The summed E-state index contributed by atoms with van der Waals surface area (Å²) >= 11 is 0. The van der Waals surface area contributed by atoms with Gasteiger partial charge in [-0.05, 0) is 43.4 Å². The zero-order chi connectivity index (χ0) is 12.4. The summed E-state index contributed by atoms with van der Waals surface area (Å²) in [6, 6.07) is 5.70. The van der Waals surface area contributed by atoms with Gasteiger partial charge < -0.3 is 10.1 Å². The second kappa shape index (κ2) is 5.05. The lowest BCUT2D eigenvalue weighted by atomic mass is 9.88. The molecule has 2 nitrogen and oxygen atoms in total. The zero-order valence-corrected chi connectivity index (χ0v) is 10.7. The molecule has 0 bridgehead atoms. The van der Waals surface area contributed by atoms with E-state index in [1.165, 1.54) is 6.07 Å². The molecule has 2 rings (SSSR count). The van der Waals surface area contributed by atoms with Crippen molar-refractivity contribution in [2.24, 2.45) is 5.92 Å². The van der Waals surface area contributed by atoms with E-state index in [1.807, 2.05) is 19.2 Å². The number of methoxy groups -OCH3 is 1. The van der Waals surface area contributed by atoms with E-state index in [4.69, 9.17) is 4.74 Å². The van der Waals surface area contributed by atoms with Crippen LogP contribution in [0.4, 0.5) is 4.39 Å². The maximum atomic E-state index is 14.0. The van der Waals surface area contributed by atoms with Gasteiger partial charge in [0, 0.05) is 12.1 Å². The maximum Gasteiger partial charge on any atom is 0.130 e. The van der Waals surface area contributed by atoms with Crippen molar-refractivity contribution < 1.29 is 9.13 Å². The molecule has 1 aliphatic carbocycles. The Hall–Kier alpha value is -1.09. The van der Waals surface area contributed by atoms with Crippen molar-refractivity contribution in [3.8, 4) is 5.75 Å². The predicted molar refractivity (Wildman–Crippen MR) is 66.9 cm³/mol. The number of ether oxygens (including phenoxy) is 1. The molecule has 0 aliphatic heterocycles. The van der Waals surface area contributed by atoms with Gasteiger partial charge in [-0.2, -0.15) is 0 Å². The second-order valence-corrected chi connectivity index (χ2v) is 4.83. The van der Waals surface area contributed by atoms with Crippen LogP contribution in [0.3, 0.4) is 0 Å². The van der Waals surface area contributed by atoms with Crippen molar-refractivity contribution in [3.05, 3.63) is 29.6 Å². The van der Waals surface area contributed by atoms with Gasteiger partial charge in [0.1, 0.15) is 11.6 Å². The fourth-order valence-corrected chi connectivity index (χ4v) is 2.95. The number of rotatable bonds is 3. The molecule has 0 radical (unpaired) electrons. The predicted octanol–water partition coefficient (Wildman–Crippen LogP) is 2.94. The lowest BCUT2D eigenvalue weighted by Gasteiger charge is -2.21. The van der Waals surface area contributed by atoms with Gasteiger partial charge in [-0.1, -0.05) is 13.0 Å². The average molecular weight is 237 g/mol. The van der Waals surface area contributed by atoms with Crippen LogP contribution in [0.15, 0.2) is 18.2 Å². The Kier molecular flexibility index (Phi) is 3.67. The quantitative estimate of drug-likeness (QED) is 0.872. The smallest absolute Gasteiger partial charge is 0.130 e. The van der Waals surface area contributed by atoms with Crippen LogP contribution in [-0.4, -0.2) is 20.2 Å². The molecular weight excluding hydrogens is 217 g/mol. The molecule has 1 fully saturated rings. The molecule has 17 heavy (non-hydrogen) atoms. The van der Waals surface area contributed by atoms with Crippen LogP contribution >= 0.6 is 0 Å². The summed E-state index contributed by atoms with van der Waals surface area (Å²) in [5, 5.41) is 3.31. The largest absolute Gasteiger partial charge is 0.497 e. The SMILES string of the molecule is CNC1CCC(c2ccc(OC)cc2F)C1C. The monoisotopic (exact) mass is 237 g/mol. The highest BCUT2D eigenvalue weighted by Gasteiger charge is 2.34. The minimum Gasteiger partial charge on any atom is -0.497 e. The molecule has 1 aliphatic rings. The molecule has 0 heterocycles. The van der Waals surface area contributed by atoms with Crippen LogP contribution in [0.1, 0.15) is 31.2 Å². The van der Waals surface area contributed by atoms with Crippen LogP contribution in [0, 0.1) is 11.7 Å². The number of hydrogen-bond acceptors (Lipinski definition) is 2. The molecule has 3 atom stereocenters. The molecule has 0 saturated heterocycles. The third-order valence-electron chi connectivity index (χ3n) is 4.04. The van der Waals surface area contributed by atoms with E-state index in [2.05, 4.69) is 12.2 Å². The van der Waals surface area contributed by atoms with Crippen LogP contribution in [0.5, 0.6) is 5.75 Å². The second-order valence-electron chi connectivity index (χ2n) is 4.83. The average Bonchev–Trinajstić information content (AvgIpc) is 2.70. The molecule has 94 valence electrons. The van der Waals surface area contributed by atoms with Gasteiger partial charge in [0.25, 0.3) is 0 Å². The van der Waals surface area contributed by atoms with Crippen LogP contribution in [0.2, 0.25) is 0 Å². The standard InChI is InChI=1S/C14H20FNO/c1-9-11(6-7-14(9)16-2)12-5-4-10(17-3)8-13(12)15/h4-5,8-9,11,14,16H,6-7H2,1-3H3. The molecule has 0 spiro atoms. The van der Waals surface area contributed by atoms with Crippen LogP contribution < -0.4 is 10.1 Å². The summed E-state index contributed by atoms with van der Waals surface area (Å²) in [6.07, 6.45) is 2.17. The third-order valence-corrected chi connectivity index (χ3v) is 4.04. The molecular formula is C14H20FNO. The van der Waals surface area contributed by atoms with E-state index in [0.29, 0.717) is 23.6 Å². The minimum atomic E-state index is -0.141. The molecule has 1 aromatic carbocycles. The maximum absolute atomic E-state index is 14.0. The fourth-order valence-electron chi connectivity index (χ4n) is 2.95. The lowest BCUT2D eigenvalue weighted by molar-refractivity contribution is 0.404. The van der Waals surface area contributed by atoms with Gasteiger partial charge in [0.05, 0.1) is 7.11 Å². The van der Waals surface area contributed by atoms with Gasteiger partial charge in [-0.15, -0.1) is 0 Å². The van der Waals surface area contributed by atoms with Gasteiger partial charge in [-0.3, -0.25) is 0 Å². The summed E-state index contributed by atoms with van der Waals surface area (Å²) in [5.74, 6) is 1.24.